The van der Waals surface area contributed by atoms with Gasteiger partial charge < -0.3 is 5.73 Å². The largest absolute Gasteiger partial charge is 0.321 e. The molecule has 1 aromatic rings. The Labute approximate surface area is 103 Å². The standard InChI is InChI=1S/C13H23N3O/c1-5-10(4)13(14)12(17)8-11-6-7-16(15-11)9(2)3/h6-7,9-10,13H,5,8,14H2,1-4H3. The van der Waals surface area contributed by atoms with Crippen LogP contribution in [0.25, 0.3) is 0 Å². The molecule has 96 valence electrons. The summed E-state index contributed by atoms with van der Waals surface area (Å²) >= 11 is 0. The quantitative estimate of drug-likeness (QED) is 0.822. The van der Waals surface area contributed by atoms with E-state index >= 15 is 0 Å². The van der Waals surface area contributed by atoms with Gasteiger partial charge in [-0.05, 0) is 25.8 Å². The Morgan fingerprint density at radius 3 is 2.59 bits per heavy atom. The maximum atomic E-state index is 11.9. The highest BCUT2D eigenvalue weighted by atomic mass is 16.1. The first-order valence-electron chi connectivity index (χ1n) is 6.28. The molecule has 0 fully saturated rings. The van der Waals surface area contributed by atoms with Crippen molar-refractivity contribution in [2.24, 2.45) is 11.7 Å². The maximum absolute atomic E-state index is 11.9. The second-order valence-corrected chi connectivity index (χ2v) is 4.94. The van der Waals surface area contributed by atoms with Crippen molar-refractivity contribution in [3.8, 4) is 0 Å². The molecule has 0 aliphatic rings. The van der Waals surface area contributed by atoms with E-state index in [4.69, 9.17) is 5.73 Å². The maximum Gasteiger partial charge on any atom is 0.155 e. The minimum Gasteiger partial charge on any atom is -0.321 e. The van der Waals surface area contributed by atoms with Crippen molar-refractivity contribution in [2.45, 2.75) is 52.6 Å². The first-order valence-corrected chi connectivity index (χ1v) is 6.28. The average Bonchev–Trinajstić information content (AvgIpc) is 2.75. The summed E-state index contributed by atoms with van der Waals surface area (Å²) in [4.78, 5) is 11.9. The molecule has 0 aliphatic carbocycles. The highest BCUT2D eigenvalue weighted by molar-refractivity contribution is 5.85. The number of carbonyl (C=O) groups is 1. The summed E-state index contributed by atoms with van der Waals surface area (Å²) in [7, 11) is 0. The fourth-order valence-corrected chi connectivity index (χ4v) is 1.63. The number of ketones is 1. The average molecular weight is 237 g/mol. The van der Waals surface area contributed by atoms with Crippen molar-refractivity contribution in [2.75, 3.05) is 0 Å². The molecule has 2 N–H and O–H groups in total. The van der Waals surface area contributed by atoms with E-state index in [-0.39, 0.29) is 17.7 Å². The number of rotatable bonds is 6. The number of nitrogens with two attached hydrogens (primary N) is 1. The number of hydrogen-bond acceptors (Lipinski definition) is 3. The van der Waals surface area contributed by atoms with Crippen molar-refractivity contribution in [3.05, 3.63) is 18.0 Å². The summed E-state index contributed by atoms with van der Waals surface area (Å²) in [6.45, 7) is 8.17. The number of nitrogens with zero attached hydrogens (tertiary/aromatic N) is 2. The molecule has 0 bridgehead atoms. The minimum absolute atomic E-state index is 0.0772. The van der Waals surface area contributed by atoms with Gasteiger partial charge in [0, 0.05) is 12.2 Å². The number of hydrogen-bond donors (Lipinski definition) is 1. The number of Topliss-reactive ketones (excluding diaryl/α,β-unsaturated/α-hetero) is 1. The van der Waals surface area contributed by atoms with Crippen molar-refractivity contribution in [1.29, 1.82) is 0 Å². The van der Waals surface area contributed by atoms with Crippen LogP contribution in [0.1, 0.15) is 45.9 Å². The van der Waals surface area contributed by atoms with Crippen LogP contribution in [-0.4, -0.2) is 21.6 Å². The molecular formula is C13H23N3O. The molecule has 1 aromatic heterocycles. The van der Waals surface area contributed by atoms with Gasteiger partial charge in [0.1, 0.15) is 0 Å². The lowest BCUT2D eigenvalue weighted by Gasteiger charge is -2.16. The van der Waals surface area contributed by atoms with E-state index in [0.717, 1.165) is 12.1 Å². The van der Waals surface area contributed by atoms with Gasteiger partial charge in [0.05, 0.1) is 18.2 Å². The monoisotopic (exact) mass is 237 g/mol. The van der Waals surface area contributed by atoms with Crippen LogP contribution in [-0.2, 0) is 11.2 Å². The van der Waals surface area contributed by atoms with Gasteiger partial charge in [-0.3, -0.25) is 9.48 Å². The number of aromatic nitrogens is 2. The van der Waals surface area contributed by atoms with Crippen LogP contribution in [0.5, 0.6) is 0 Å². The molecule has 17 heavy (non-hydrogen) atoms. The molecule has 0 aromatic carbocycles. The van der Waals surface area contributed by atoms with Gasteiger partial charge in [-0.2, -0.15) is 5.10 Å². The van der Waals surface area contributed by atoms with Crippen LogP contribution >= 0.6 is 0 Å². The molecule has 2 unspecified atom stereocenters. The molecule has 0 aliphatic heterocycles. The Kier molecular flexibility index (Phi) is 4.87. The van der Waals surface area contributed by atoms with Crippen LogP contribution in [0, 0.1) is 5.92 Å². The Morgan fingerprint density at radius 1 is 1.47 bits per heavy atom. The van der Waals surface area contributed by atoms with Crippen LogP contribution in [0.2, 0.25) is 0 Å². The molecule has 2 atom stereocenters. The molecular weight excluding hydrogens is 214 g/mol. The van der Waals surface area contributed by atoms with Gasteiger partial charge in [-0.1, -0.05) is 20.3 Å². The number of carbonyl (C=O) groups excluding carboxylic acids is 1. The predicted molar refractivity (Wildman–Crippen MR) is 68.8 cm³/mol. The lowest BCUT2D eigenvalue weighted by molar-refractivity contribution is -0.120. The van der Waals surface area contributed by atoms with Gasteiger partial charge in [0.25, 0.3) is 0 Å². The molecule has 1 heterocycles. The third-order valence-corrected chi connectivity index (χ3v) is 3.18. The van der Waals surface area contributed by atoms with E-state index < -0.39 is 0 Å². The first kappa shape index (κ1) is 13.9. The van der Waals surface area contributed by atoms with Crippen molar-refractivity contribution >= 4 is 5.78 Å². The van der Waals surface area contributed by atoms with Crippen molar-refractivity contribution in [3.63, 3.8) is 0 Å². The van der Waals surface area contributed by atoms with E-state index in [9.17, 15) is 4.79 Å². The van der Waals surface area contributed by atoms with Crippen LogP contribution in [0.15, 0.2) is 12.3 Å². The Hall–Kier alpha value is -1.16. The molecule has 4 heteroatoms. The summed E-state index contributed by atoms with van der Waals surface area (Å²) in [5.74, 6) is 0.308. The minimum atomic E-state index is -0.371. The zero-order valence-electron chi connectivity index (χ0n) is 11.2. The SMILES string of the molecule is CCC(C)C(N)C(=O)Cc1ccn(C(C)C)n1. The molecule has 0 spiro atoms. The first-order chi connectivity index (χ1) is 7.95. The van der Waals surface area contributed by atoms with Crippen LogP contribution < -0.4 is 5.73 Å². The summed E-state index contributed by atoms with van der Waals surface area (Å²) in [5.41, 5.74) is 6.71. The Balaban J connectivity index is 2.61. The van der Waals surface area contributed by atoms with Crippen LogP contribution in [0.3, 0.4) is 0 Å². The summed E-state index contributed by atoms with van der Waals surface area (Å²) < 4.78 is 1.86. The predicted octanol–water partition coefficient (Wildman–Crippen LogP) is 1.95. The van der Waals surface area contributed by atoms with E-state index in [1.807, 2.05) is 30.8 Å². The highest BCUT2D eigenvalue weighted by Gasteiger charge is 2.20. The zero-order chi connectivity index (χ0) is 13.0. The fraction of sp³-hybridized carbons (Fsp3) is 0.692. The summed E-state index contributed by atoms with van der Waals surface area (Å²) in [6.07, 6.45) is 3.17. The molecule has 0 amide bonds. The van der Waals surface area contributed by atoms with Gasteiger partial charge in [-0.25, -0.2) is 0 Å². The topological polar surface area (TPSA) is 60.9 Å². The third-order valence-electron chi connectivity index (χ3n) is 3.18. The van der Waals surface area contributed by atoms with Gasteiger partial charge >= 0.3 is 0 Å². The van der Waals surface area contributed by atoms with E-state index in [1.54, 1.807) is 0 Å². The molecule has 0 saturated carbocycles. The molecule has 0 radical (unpaired) electrons. The van der Waals surface area contributed by atoms with Gasteiger partial charge in [-0.15, -0.1) is 0 Å². The third kappa shape index (κ3) is 3.66. The van der Waals surface area contributed by atoms with Gasteiger partial charge in [0.15, 0.2) is 5.78 Å². The second kappa shape index (κ2) is 5.96. The van der Waals surface area contributed by atoms with Gasteiger partial charge in [0.2, 0.25) is 0 Å². The lowest BCUT2D eigenvalue weighted by atomic mass is 9.94. The van der Waals surface area contributed by atoms with Crippen molar-refractivity contribution < 1.29 is 4.79 Å². The molecule has 0 saturated heterocycles. The normalized spacial score (nSPS) is 14.9. The lowest BCUT2D eigenvalue weighted by Crippen LogP contribution is -2.37. The van der Waals surface area contributed by atoms with Crippen LogP contribution in [0.4, 0.5) is 0 Å². The summed E-state index contributed by atoms with van der Waals surface area (Å²) in [6, 6.07) is 1.84. The smallest absolute Gasteiger partial charge is 0.155 e. The Bertz CT molecular complexity index is 370. The zero-order valence-corrected chi connectivity index (χ0v) is 11.2. The van der Waals surface area contributed by atoms with E-state index in [0.29, 0.717) is 12.5 Å². The Morgan fingerprint density at radius 2 is 2.12 bits per heavy atom. The highest BCUT2D eigenvalue weighted by Crippen LogP contribution is 2.10. The summed E-state index contributed by atoms with van der Waals surface area (Å²) in [5, 5.41) is 4.36. The molecule has 4 nitrogen and oxygen atoms in total. The fourth-order valence-electron chi connectivity index (χ4n) is 1.63. The van der Waals surface area contributed by atoms with E-state index in [2.05, 4.69) is 18.9 Å². The molecule has 1 rings (SSSR count). The van der Waals surface area contributed by atoms with Crippen molar-refractivity contribution in [1.82, 2.24) is 9.78 Å². The second-order valence-electron chi connectivity index (χ2n) is 4.94. The van der Waals surface area contributed by atoms with E-state index in [1.165, 1.54) is 0 Å².